The lowest BCUT2D eigenvalue weighted by molar-refractivity contribution is -0.156. The summed E-state index contributed by atoms with van der Waals surface area (Å²) >= 11 is 0. The number of aryl methyl sites for hydroxylation is 1. The van der Waals surface area contributed by atoms with Crippen molar-refractivity contribution in [3.8, 4) is 11.3 Å². The predicted molar refractivity (Wildman–Crippen MR) is 101 cm³/mol. The Kier molecular flexibility index (Phi) is 5.35. The van der Waals surface area contributed by atoms with Crippen molar-refractivity contribution in [1.82, 2.24) is 10.1 Å². The fourth-order valence-corrected chi connectivity index (χ4v) is 3.75. The first-order chi connectivity index (χ1) is 12.8. The number of amides is 1. The molecule has 6 heteroatoms. The normalized spacial score (nSPS) is 20.1. The third-order valence-corrected chi connectivity index (χ3v) is 5.22. The molecule has 1 aliphatic rings. The number of hydrogen-bond donors (Lipinski definition) is 1. The van der Waals surface area contributed by atoms with Crippen LogP contribution in [0.15, 0.2) is 34.9 Å². The van der Waals surface area contributed by atoms with Crippen molar-refractivity contribution in [3.63, 3.8) is 0 Å². The van der Waals surface area contributed by atoms with Gasteiger partial charge in [0.2, 0.25) is 5.91 Å². The van der Waals surface area contributed by atoms with E-state index in [0.717, 1.165) is 11.1 Å². The van der Waals surface area contributed by atoms with Crippen LogP contribution in [0.1, 0.15) is 38.0 Å². The van der Waals surface area contributed by atoms with Crippen molar-refractivity contribution in [2.24, 2.45) is 11.3 Å². The van der Waals surface area contributed by atoms with Gasteiger partial charge in [0.25, 0.3) is 0 Å². The zero-order valence-electron chi connectivity index (χ0n) is 16.1. The highest BCUT2D eigenvalue weighted by atomic mass is 16.5. The SMILES string of the molecule is Cc1cccc(-c2cc(CC3(C(=O)O)CCCN(C(=O)C(C)C)C3)on2)c1. The van der Waals surface area contributed by atoms with Crippen molar-refractivity contribution in [2.45, 2.75) is 40.0 Å². The molecule has 0 radical (unpaired) electrons. The average Bonchev–Trinajstić information content (AvgIpc) is 3.09. The average molecular weight is 370 g/mol. The molecule has 144 valence electrons. The minimum atomic E-state index is -1.04. The van der Waals surface area contributed by atoms with Gasteiger partial charge in [0, 0.05) is 37.1 Å². The summed E-state index contributed by atoms with van der Waals surface area (Å²) in [7, 11) is 0. The Labute approximate surface area is 159 Å². The van der Waals surface area contributed by atoms with Crippen molar-refractivity contribution in [2.75, 3.05) is 13.1 Å². The zero-order valence-corrected chi connectivity index (χ0v) is 16.1. The molecule has 1 N–H and O–H groups in total. The lowest BCUT2D eigenvalue weighted by atomic mass is 9.76. The molecule has 27 heavy (non-hydrogen) atoms. The summed E-state index contributed by atoms with van der Waals surface area (Å²) < 4.78 is 5.46. The third kappa shape index (κ3) is 4.04. The number of carboxylic acids is 1. The van der Waals surface area contributed by atoms with Crippen LogP contribution in [0.3, 0.4) is 0 Å². The maximum atomic E-state index is 12.4. The summed E-state index contributed by atoms with van der Waals surface area (Å²) in [6.45, 7) is 6.50. The van der Waals surface area contributed by atoms with Gasteiger partial charge in [-0.1, -0.05) is 42.8 Å². The minimum absolute atomic E-state index is 0.00153. The monoisotopic (exact) mass is 370 g/mol. The molecule has 2 heterocycles. The van der Waals surface area contributed by atoms with Gasteiger partial charge in [0.1, 0.15) is 11.5 Å². The number of aromatic nitrogens is 1. The molecule has 1 aromatic carbocycles. The first-order valence-corrected chi connectivity index (χ1v) is 9.35. The van der Waals surface area contributed by atoms with Gasteiger partial charge in [-0.15, -0.1) is 0 Å². The van der Waals surface area contributed by atoms with E-state index in [0.29, 0.717) is 30.8 Å². The molecule has 0 bridgehead atoms. The van der Waals surface area contributed by atoms with E-state index in [-0.39, 0.29) is 24.8 Å². The van der Waals surface area contributed by atoms with Gasteiger partial charge in [-0.2, -0.15) is 0 Å². The molecule has 1 aliphatic heterocycles. The molecule has 1 amide bonds. The highest BCUT2D eigenvalue weighted by molar-refractivity contribution is 5.81. The van der Waals surface area contributed by atoms with Gasteiger partial charge >= 0.3 is 5.97 Å². The van der Waals surface area contributed by atoms with Crippen LogP contribution in [0.25, 0.3) is 11.3 Å². The molecule has 3 rings (SSSR count). The Balaban J connectivity index is 1.83. The van der Waals surface area contributed by atoms with Crippen LogP contribution in [-0.2, 0) is 16.0 Å². The standard InChI is InChI=1S/C21H26N2O4/c1-14(2)19(24)23-9-5-8-21(13-23,20(25)26)12-17-11-18(22-27-17)16-7-4-6-15(3)10-16/h4,6-7,10-11,14H,5,8-9,12-13H2,1-3H3,(H,25,26). The Hall–Kier alpha value is -2.63. The molecule has 1 fully saturated rings. The summed E-state index contributed by atoms with van der Waals surface area (Å²) in [6.07, 6.45) is 1.41. The Morgan fingerprint density at radius 3 is 2.78 bits per heavy atom. The van der Waals surface area contributed by atoms with E-state index in [4.69, 9.17) is 4.52 Å². The number of carbonyl (C=O) groups is 2. The number of piperidine rings is 1. The largest absolute Gasteiger partial charge is 0.481 e. The van der Waals surface area contributed by atoms with E-state index >= 15 is 0 Å². The highest BCUT2D eigenvalue weighted by Crippen LogP contribution is 2.35. The van der Waals surface area contributed by atoms with Crippen LogP contribution in [-0.4, -0.2) is 40.1 Å². The van der Waals surface area contributed by atoms with Gasteiger partial charge in [-0.25, -0.2) is 0 Å². The zero-order chi connectivity index (χ0) is 19.6. The summed E-state index contributed by atoms with van der Waals surface area (Å²) in [5.74, 6) is -0.504. The minimum Gasteiger partial charge on any atom is -0.481 e. The molecule has 0 aliphatic carbocycles. The molecule has 1 aromatic heterocycles. The summed E-state index contributed by atoms with van der Waals surface area (Å²) in [4.78, 5) is 26.2. The fourth-order valence-electron chi connectivity index (χ4n) is 3.75. The number of carbonyl (C=O) groups excluding carboxylic acids is 1. The lowest BCUT2D eigenvalue weighted by Crippen LogP contribution is -2.51. The van der Waals surface area contributed by atoms with Gasteiger partial charge in [-0.3, -0.25) is 9.59 Å². The highest BCUT2D eigenvalue weighted by Gasteiger charge is 2.45. The van der Waals surface area contributed by atoms with Gasteiger partial charge in [0.05, 0.1) is 5.41 Å². The number of aliphatic carboxylic acids is 1. The number of rotatable bonds is 5. The van der Waals surface area contributed by atoms with Crippen molar-refractivity contribution >= 4 is 11.9 Å². The topological polar surface area (TPSA) is 83.6 Å². The molecular weight excluding hydrogens is 344 g/mol. The van der Waals surface area contributed by atoms with Crippen LogP contribution in [0, 0.1) is 18.3 Å². The van der Waals surface area contributed by atoms with Gasteiger partial charge in [-0.05, 0) is 25.8 Å². The number of nitrogens with zero attached hydrogens (tertiary/aromatic N) is 2. The Morgan fingerprint density at radius 1 is 1.33 bits per heavy atom. The fraction of sp³-hybridized carbons (Fsp3) is 0.476. The lowest BCUT2D eigenvalue weighted by Gasteiger charge is -2.40. The Bertz CT molecular complexity index is 842. The van der Waals surface area contributed by atoms with Gasteiger partial charge < -0.3 is 14.5 Å². The van der Waals surface area contributed by atoms with Crippen LogP contribution in [0.5, 0.6) is 0 Å². The van der Waals surface area contributed by atoms with E-state index < -0.39 is 11.4 Å². The maximum absolute atomic E-state index is 12.4. The summed E-state index contributed by atoms with van der Waals surface area (Å²) in [5.41, 5.74) is 1.72. The molecule has 2 aromatic rings. The van der Waals surface area contributed by atoms with Crippen molar-refractivity contribution in [3.05, 3.63) is 41.7 Å². The predicted octanol–water partition coefficient (Wildman–Crippen LogP) is 3.54. The van der Waals surface area contributed by atoms with Crippen LogP contribution in [0.2, 0.25) is 0 Å². The van der Waals surface area contributed by atoms with Crippen LogP contribution >= 0.6 is 0 Å². The van der Waals surface area contributed by atoms with Gasteiger partial charge in [0.15, 0.2) is 0 Å². The van der Waals surface area contributed by atoms with E-state index in [9.17, 15) is 14.7 Å². The molecule has 1 atom stereocenters. The van der Waals surface area contributed by atoms with E-state index in [1.165, 1.54) is 0 Å². The number of benzene rings is 1. The summed E-state index contributed by atoms with van der Waals surface area (Å²) in [6, 6.07) is 9.73. The number of likely N-dealkylation sites (tertiary alicyclic amines) is 1. The second-order valence-electron chi connectivity index (χ2n) is 7.83. The molecule has 0 spiro atoms. The van der Waals surface area contributed by atoms with E-state index in [1.807, 2.05) is 51.1 Å². The smallest absolute Gasteiger partial charge is 0.311 e. The third-order valence-electron chi connectivity index (χ3n) is 5.22. The number of carboxylic acid groups (broad SMARTS) is 1. The first-order valence-electron chi connectivity index (χ1n) is 9.35. The maximum Gasteiger partial charge on any atom is 0.311 e. The second kappa shape index (κ2) is 7.55. The van der Waals surface area contributed by atoms with E-state index in [2.05, 4.69) is 5.16 Å². The van der Waals surface area contributed by atoms with Crippen LogP contribution in [0.4, 0.5) is 0 Å². The van der Waals surface area contributed by atoms with Crippen molar-refractivity contribution in [1.29, 1.82) is 0 Å². The molecule has 6 nitrogen and oxygen atoms in total. The quantitative estimate of drug-likeness (QED) is 0.870. The first kappa shape index (κ1) is 19.1. The van der Waals surface area contributed by atoms with Crippen molar-refractivity contribution < 1.29 is 19.2 Å². The molecular formula is C21H26N2O4. The number of hydrogen-bond acceptors (Lipinski definition) is 4. The Morgan fingerprint density at radius 2 is 2.11 bits per heavy atom. The molecule has 1 saturated heterocycles. The summed E-state index contributed by atoms with van der Waals surface area (Å²) in [5, 5.41) is 14.1. The van der Waals surface area contributed by atoms with E-state index in [1.54, 1.807) is 4.90 Å². The molecule has 1 unspecified atom stereocenters. The molecule has 0 saturated carbocycles. The second-order valence-corrected chi connectivity index (χ2v) is 7.83. The van der Waals surface area contributed by atoms with Crippen LogP contribution < -0.4 is 0 Å².